The van der Waals surface area contributed by atoms with Crippen LogP contribution < -0.4 is 5.73 Å². The van der Waals surface area contributed by atoms with E-state index in [1.807, 2.05) is 54.6 Å². The summed E-state index contributed by atoms with van der Waals surface area (Å²) in [6.07, 6.45) is 0. The zero-order chi connectivity index (χ0) is 23.4. The van der Waals surface area contributed by atoms with Gasteiger partial charge in [-0.1, -0.05) is 88.9 Å². The Kier molecular flexibility index (Phi) is 8.34. The van der Waals surface area contributed by atoms with Gasteiger partial charge in [0.05, 0.1) is 0 Å². The molecule has 1 heterocycles. The summed E-state index contributed by atoms with van der Waals surface area (Å²) in [5.74, 6) is 1.43. The quantitative estimate of drug-likeness (QED) is 0.183. The maximum atomic E-state index is 6.38. The van der Waals surface area contributed by atoms with E-state index in [4.69, 9.17) is 52.1 Å². The predicted molar refractivity (Wildman–Crippen MR) is 144 cm³/mol. The van der Waals surface area contributed by atoms with E-state index in [0.29, 0.717) is 31.6 Å². The standard InChI is InChI=1S/C24H17Cl4N3S2/c25-17-8-6-15(19(27)10-17)12-32-22-21(14-4-2-1-3-5-14)23(31-24(29)30-22)33-13-16-7-9-18(26)11-20(16)28/h1-11H,12-13H2,(H2,29,30,31). The lowest BCUT2D eigenvalue weighted by Crippen LogP contribution is -2.02. The van der Waals surface area contributed by atoms with Crippen LogP contribution in [0.1, 0.15) is 11.1 Å². The highest BCUT2D eigenvalue weighted by atomic mass is 35.5. The number of rotatable bonds is 7. The van der Waals surface area contributed by atoms with Crippen LogP contribution in [-0.2, 0) is 11.5 Å². The molecule has 0 unspecified atom stereocenters. The van der Waals surface area contributed by atoms with Crippen LogP contribution >= 0.6 is 69.9 Å². The Morgan fingerprint density at radius 2 is 1.15 bits per heavy atom. The fourth-order valence-corrected chi connectivity index (χ4v) is 6.36. The number of hydrogen-bond donors (Lipinski definition) is 1. The molecule has 4 rings (SSSR count). The van der Waals surface area contributed by atoms with Gasteiger partial charge in [-0.2, -0.15) is 0 Å². The summed E-state index contributed by atoms with van der Waals surface area (Å²) in [6.45, 7) is 0. The van der Waals surface area contributed by atoms with Crippen LogP contribution in [0.3, 0.4) is 0 Å². The van der Waals surface area contributed by atoms with Crippen LogP contribution in [0, 0.1) is 0 Å². The molecule has 4 aromatic rings. The molecule has 0 bridgehead atoms. The molecule has 3 aromatic carbocycles. The zero-order valence-electron chi connectivity index (χ0n) is 17.1. The largest absolute Gasteiger partial charge is 0.368 e. The molecule has 2 N–H and O–H groups in total. The normalized spacial score (nSPS) is 11.0. The van der Waals surface area contributed by atoms with Gasteiger partial charge in [-0.05, 0) is 41.0 Å². The summed E-state index contributed by atoms with van der Waals surface area (Å²) in [6, 6.07) is 21.0. The van der Waals surface area contributed by atoms with E-state index < -0.39 is 0 Å². The molecule has 0 aliphatic carbocycles. The number of thioether (sulfide) groups is 2. The molecule has 0 saturated heterocycles. The van der Waals surface area contributed by atoms with Gasteiger partial charge in [0, 0.05) is 37.2 Å². The minimum Gasteiger partial charge on any atom is -0.368 e. The zero-order valence-corrected chi connectivity index (χ0v) is 21.7. The van der Waals surface area contributed by atoms with Crippen molar-refractivity contribution in [1.82, 2.24) is 9.97 Å². The fourth-order valence-electron chi connectivity index (χ4n) is 3.07. The van der Waals surface area contributed by atoms with Gasteiger partial charge in [0.2, 0.25) is 5.95 Å². The van der Waals surface area contributed by atoms with Crippen LogP contribution in [0.4, 0.5) is 5.95 Å². The molecule has 168 valence electrons. The Bertz CT molecular complexity index is 1210. The van der Waals surface area contributed by atoms with Crippen LogP contribution in [-0.4, -0.2) is 9.97 Å². The molecule has 9 heteroatoms. The topological polar surface area (TPSA) is 51.8 Å². The molecule has 0 aliphatic heterocycles. The van der Waals surface area contributed by atoms with E-state index in [2.05, 4.69) is 9.97 Å². The van der Waals surface area contributed by atoms with E-state index in [1.165, 1.54) is 0 Å². The average Bonchev–Trinajstić information content (AvgIpc) is 2.78. The summed E-state index contributed by atoms with van der Waals surface area (Å²) in [5.41, 5.74) is 9.97. The summed E-state index contributed by atoms with van der Waals surface area (Å²) < 4.78 is 0. The van der Waals surface area contributed by atoms with E-state index in [0.717, 1.165) is 32.3 Å². The molecule has 0 radical (unpaired) electrons. The van der Waals surface area contributed by atoms with Gasteiger partial charge in [0.1, 0.15) is 10.1 Å². The van der Waals surface area contributed by atoms with Crippen molar-refractivity contribution in [1.29, 1.82) is 0 Å². The van der Waals surface area contributed by atoms with Crippen molar-refractivity contribution in [3.8, 4) is 11.1 Å². The van der Waals surface area contributed by atoms with Crippen molar-refractivity contribution in [2.75, 3.05) is 5.73 Å². The number of nitrogens with zero attached hydrogens (tertiary/aromatic N) is 2. The summed E-state index contributed by atoms with van der Waals surface area (Å²) in [7, 11) is 0. The molecule has 0 spiro atoms. The van der Waals surface area contributed by atoms with Gasteiger partial charge < -0.3 is 5.73 Å². The maximum Gasteiger partial charge on any atom is 0.222 e. The second kappa shape index (κ2) is 11.2. The van der Waals surface area contributed by atoms with Crippen LogP contribution in [0.2, 0.25) is 20.1 Å². The van der Waals surface area contributed by atoms with Gasteiger partial charge in [0.15, 0.2) is 0 Å². The number of nitrogens with two attached hydrogens (primary N) is 1. The van der Waals surface area contributed by atoms with Crippen molar-refractivity contribution in [3.63, 3.8) is 0 Å². The third kappa shape index (κ3) is 6.30. The minimum atomic E-state index is 0.212. The Hall–Kier alpha value is -1.60. The highest BCUT2D eigenvalue weighted by molar-refractivity contribution is 7.99. The number of aromatic nitrogens is 2. The lowest BCUT2D eigenvalue weighted by atomic mass is 10.1. The molecule has 33 heavy (non-hydrogen) atoms. The number of hydrogen-bond acceptors (Lipinski definition) is 5. The molecule has 0 amide bonds. The first-order valence-electron chi connectivity index (χ1n) is 9.77. The summed E-state index contributed by atoms with van der Waals surface area (Å²) >= 11 is 27.9. The smallest absolute Gasteiger partial charge is 0.222 e. The first kappa shape index (κ1) is 24.5. The Labute approximate surface area is 221 Å². The van der Waals surface area contributed by atoms with Crippen molar-refractivity contribution in [2.45, 2.75) is 21.6 Å². The number of halogens is 4. The van der Waals surface area contributed by atoms with Crippen molar-refractivity contribution < 1.29 is 0 Å². The maximum absolute atomic E-state index is 6.38. The van der Waals surface area contributed by atoms with Gasteiger partial charge in [-0.25, -0.2) is 9.97 Å². The van der Waals surface area contributed by atoms with Crippen LogP contribution in [0.15, 0.2) is 76.8 Å². The average molecular weight is 553 g/mol. The second-order valence-electron chi connectivity index (χ2n) is 6.98. The monoisotopic (exact) mass is 551 g/mol. The van der Waals surface area contributed by atoms with Gasteiger partial charge in [-0.15, -0.1) is 23.5 Å². The third-order valence-electron chi connectivity index (χ3n) is 4.68. The SMILES string of the molecule is Nc1nc(SCc2ccc(Cl)cc2Cl)c(-c2ccccc2)c(SCc2ccc(Cl)cc2Cl)n1. The summed E-state index contributed by atoms with van der Waals surface area (Å²) in [5, 5.41) is 4.00. The molecule has 0 atom stereocenters. The molecule has 3 nitrogen and oxygen atoms in total. The number of benzene rings is 3. The van der Waals surface area contributed by atoms with Crippen molar-refractivity contribution >= 4 is 75.9 Å². The van der Waals surface area contributed by atoms with Crippen molar-refractivity contribution in [3.05, 3.63) is 97.9 Å². The summed E-state index contributed by atoms with van der Waals surface area (Å²) in [4.78, 5) is 9.12. The first-order chi connectivity index (χ1) is 15.9. The molecular formula is C24H17Cl4N3S2. The first-order valence-corrected chi connectivity index (χ1v) is 13.3. The second-order valence-corrected chi connectivity index (χ2v) is 10.6. The molecular weight excluding hydrogens is 536 g/mol. The lowest BCUT2D eigenvalue weighted by molar-refractivity contribution is 0.988. The van der Waals surface area contributed by atoms with E-state index in [9.17, 15) is 0 Å². The van der Waals surface area contributed by atoms with Crippen LogP contribution in [0.25, 0.3) is 11.1 Å². The van der Waals surface area contributed by atoms with Crippen LogP contribution in [0.5, 0.6) is 0 Å². The minimum absolute atomic E-state index is 0.212. The Morgan fingerprint density at radius 1 is 0.667 bits per heavy atom. The molecule has 0 fully saturated rings. The van der Waals surface area contributed by atoms with E-state index in [-0.39, 0.29) is 5.95 Å². The molecule has 0 saturated carbocycles. The van der Waals surface area contributed by atoms with Crippen molar-refractivity contribution in [2.24, 2.45) is 0 Å². The molecule has 0 aliphatic rings. The van der Waals surface area contributed by atoms with Gasteiger partial charge in [-0.3, -0.25) is 0 Å². The predicted octanol–water partition coefficient (Wildman–Crippen LogP) is 8.92. The number of anilines is 1. The van der Waals surface area contributed by atoms with E-state index >= 15 is 0 Å². The number of nitrogen functional groups attached to an aromatic ring is 1. The Morgan fingerprint density at radius 3 is 1.61 bits per heavy atom. The van der Waals surface area contributed by atoms with E-state index in [1.54, 1.807) is 35.7 Å². The fraction of sp³-hybridized carbons (Fsp3) is 0.0833. The third-order valence-corrected chi connectivity index (χ3v) is 7.90. The Balaban J connectivity index is 1.69. The molecule has 1 aromatic heterocycles. The highest BCUT2D eigenvalue weighted by Crippen LogP contribution is 2.40. The lowest BCUT2D eigenvalue weighted by Gasteiger charge is -2.15. The van der Waals surface area contributed by atoms with Gasteiger partial charge >= 0.3 is 0 Å². The highest BCUT2D eigenvalue weighted by Gasteiger charge is 2.18. The van der Waals surface area contributed by atoms with Gasteiger partial charge in [0.25, 0.3) is 0 Å².